The van der Waals surface area contributed by atoms with Crippen molar-refractivity contribution in [3.8, 4) is 5.75 Å². The van der Waals surface area contributed by atoms with Gasteiger partial charge in [-0.1, -0.05) is 0 Å². The Morgan fingerprint density at radius 2 is 1.84 bits per heavy atom. The van der Waals surface area contributed by atoms with Crippen molar-refractivity contribution in [1.29, 1.82) is 0 Å². The van der Waals surface area contributed by atoms with Crippen LogP contribution in [0.4, 0.5) is 8.78 Å². The van der Waals surface area contributed by atoms with Gasteiger partial charge in [0.15, 0.2) is 6.61 Å². The molecule has 0 bridgehead atoms. The monoisotopic (exact) mass is 273 g/mol. The first-order valence-electron chi connectivity index (χ1n) is 5.55. The number of halogens is 2. The molecule has 0 spiro atoms. The number of carbonyl (C=O) groups is 2. The summed E-state index contributed by atoms with van der Waals surface area (Å²) in [6.45, 7) is -0.192. The summed E-state index contributed by atoms with van der Waals surface area (Å²) in [6, 6.07) is 2.61. The normalized spacial score (nSPS) is 10.0. The Balaban J connectivity index is 2.28. The molecule has 1 amide bonds. The van der Waals surface area contributed by atoms with Gasteiger partial charge in [-0.25, -0.2) is 8.78 Å². The fraction of sp³-hybridized carbons (Fsp3) is 0.333. The van der Waals surface area contributed by atoms with E-state index in [0.29, 0.717) is 12.5 Å². The Morgan fingerprint density at radius 3 is 2.42 bits per heavy atom. The number of benzene rings is 1. The van der Waals surface area contributed by atoms with Crippen molar-refractivity contribution in [3.05, 3.63) is 29.8 Å². The lowest BCUT2D eigenvalue weighted by molar-refractivity contribution is -0.137. The summed E-state index contributed by atoms with van der Waals surface area (Å²) in [4.78, 5) is 21.5. The molecule has 0 saturated carbocycles. The van der Waals surface area contributed by atoms with Gasteiger partial charge in [0.1, 0.15) is 17.4 Å². The van der Waals surface area contributed by atoms with Crippen molar-refractivity contribution < 1.29 is 28.2 Å². The maximum absolute atomic E-state index is 12.8. The zero-order valence-corrected chi connectivity index (χ0v) is 9.99. The van der Waals surface area contributed by atoms with E-state index in [1.54, 1.807) is 0 Å². The minimum absolute atomic E-state index is 0.0454. The number of amides is 1. The fourth-order valence-corrected chi connectivity index (χ4v) is 1.28. The molecule has 0 atom stereocenters. The molecule has 0 fully saturated rings. The second-order valence-corrected chi connectivity index (χ2v) is 3.74. The summed E-state index contributed by atoms with van der Waals surface area (Å²) in [5.41, 5.74) is 0. The minimum Gasteiger partial charge on any atom is -0.484 e. The molecule has 0 heterocycles. The molecule has 5 nitrogen and oxygen atoms in total. The van der Waals surface area contributed by atoms with Gasteiger partial charge in [0.25, 0.3) is 5.91 Å². The summed E-state index contributed by atoms with van der Waals surface area (Å²) >= 11 is 0. The second-order valence-electron chi connectivity index (χ2n) is 3.74. The molecular weight excluding hydrogens is 260 g/mol. The van der Waals surface area contributed by atoms with Gasteiger partial charge in [-0.2, -0.15) is 0 Å². The lowest BCUT2D eigenvalue weighted by Gasteiger charge is -2.07. The van der Waals surface area contributed by atoms with E-state index in [1.165, 1.54) is 0 Å². The van der Waals surface area contributed by atoms with Crippen molar-refractivity contribution in [2.75, 3.05) is 13.2 Å². The highest BCUT2D eigenvalue weighted by atomic mass is 19.1. The highest BCUT2D eigenvalue weighted by Gasteiger charge is 2.05. The van der Waals surface area contributed by atoms with Crippen LogP contribution in [0.2, 0.25) is 0 Å². The first-order chi connectivity index (χ1) is 8.97. The van der Waals surface area contributed by atoms with Crippen LogP contribution in [0.1, 0.15) is 12.8 Å². The molecule has 0 aliphatic carbocycles. The Labute approximate surface area is 108 Å². The third-order valence-electron chi connectivity index (χ3n) is 2.10. The number of nitrogens with one attached hydrogen (secondary N) is 1. The summed E-state index contributed by atoms with van der Waals surface area (Å²) in [6.07, 6.45) is 0.256. The molecule has 0 unspecified atom stereocenters. The lowest BCUT2D eigenvalue weighted by Crippen LogP contribution is -2.30. The maximum atomic E-state index is 12.8. The summed E-state index contributed by atoms with van der Waals surface area (Å²) < 4.78 is 30.5. The minimum atomic E-state index is -0.944. The molecule has 1 aromatic rings. The summed E-state index contributed by atoms with van der Waals surface area (Å²) in [5.74, 6) is -3.11. The van der Waals surface area contributed by atoms with E-state index in [9.17, 15) is 18.4 Å². The molecule has 19 heavy (non-hydrogen) atoms. The number of carboxylic acid groups (broad SMARTS) is 1. The second kappa shape index (κ2) is 7.30. The molecule has 0 aromatic heterocycles. The first-order valence-corrected chi connectivity index (χ1v) is 5.55. The van der Waals surface area contributed by atoms with Crippen LogP contribution in [0.25, 0.3) is 0 Å². The number of rotatable bonds is 7. The van der Waals surface area contributed by atoms with Gasteiger partial charge in [0.2, 0.25) is 0 Å². The molecule has 0 radical (unpaired) electrons. The van der Waals surface area contributed by atoms with Crippen LogP contribution < -0.4 is 10.1 Å². The molecular formula is C12H13F2NO4. The zero-order chi connectivity index (χ0) is 14.3. The molecule has 7 heteroatoms. The average molecular weight is 273 g/mol. The van der Waals surface area contributed by atoms with E-state index in [0.717, 1.165) is 12.1 Å². The van der Waals surface area contributed by atoms with Crippen LogP contribution in [0.5, 0.6) is 5.75 Å². The molecule has 104 valence electrons. The van der Waals surface area contributed by atoms with Crippen molar-refractivity contribution in [2.45, 2.75) is 12.8 Å². The zero-order valence-electron chi connectivity index (χ0n) is 9.99. The van der Waals surface area contributed by atoms with E-state index >= 15 is 0 Å². The molecule has 1 rings (SSSR count). The van der Waals surface area contributed by atoms with Gasteiger partial charge in [0, 0.05) is 31.2 Å². The quantitative estimate of drug-likeness (QED) is 0.735. The maximum Gasteiger partial charge on any atom is 0.303 e. The van der Waals surface area contributed by atoms with E-state index < -0.39 is 30.1 Å². The van der Waals surface area contributed by atoms with Crippen molar-refractivity contribution >= 4 is 11.9 Å². The predicted octanol–water partition coefficient (Wildman–Crippen LogP) is 1.32. The predicted molar refractivity (Wildman–Crippen MR) is 61.7 cm³/mol. The van der Waals surface area contributed by atoms with Gasteiger partial charge < -0.3 is 15.2 Å². The van der Waals surface area contributed by atoms with Gasteiger partial charge in [-0.05, 0) is 6.42 Å². The average Bonchev–Trinajstić information content (AvgIpc) is 2.31. The Morgan fingerprint density at radius 1 is 1.21 bits per heavy atom. The van der Waals surface area contributed by atoms with Crippen LogP contribution in [-0.2, 0) is 9.59 Å². The number of carboxylic acids is 1. The lowest BCUT2D eigenvalue weighted by atomic mass is 10.3. The van der Waals surface area contributed by atoms with Crippen molar-refractivity contribution in [1.82, 2.24) is 5.32 Å². The summed E-state index contributed by atoms with van der Waals surface area (Å²) in [7, 11) is 0. The molecule has 0 aliphatic heterocycles. The number of aliphatic carboxylic acids is 1. The van der Waals surface area contributed by atoms with Crippen molar-refractivity contribution in [2.24, 2.45) is 0 Å². The van der Waals surface area contributed by atoms with Crippen LogP contribution in [-0.4, -0.2) is 30.1 Å². The van der Waals surface area contributed by atoms with Crippen LogP contribution >= 0.6 is 0 Å². The van der Waals surface area contributed by atoms with E-state index in [-0.39, 0.29) is 18.7 Å². The third kappa shape index (κ3) is 6.35. The van der Waals surface area contributed by atoms with E-state index in [2.05, 4.69) is 5.32 Å². The largest absolute Gasteiger partial charge is 0.484 e. The SMILES string of the molecule is O=C(O)CCCNC(=O)COc1cc(F)cc(F)c1. The fourth-order valence-electron chi connectivity index (χ4n) is 1.28. The molecule has 2 N–H and O–H groups in total. The number of hydrogen-bond donors (Lipinski definition) is 2. The third-order valence-corrected chi connectivity index (χ3v) is 2.10. The van der Waals surface area contributed by atoms with Crippen LogP contribution in [0, 0.1) is 11.6 Å². The van der Waals surface area contributed by atoms with Gasteiger partial charge in [-0.15, -0.1) is 0 Å². The Bertz CT molecular complexity index is 445. The highest BCUT2D eigenvalue weighted by Crippen LogP contribution is 2.14. The van der Waals surface area contributed by atoms with Crippen LogP contribution in [0.3, 0.4) is 0 Å². The standard InChI is InChI=1S/C12H13F2NO4/c13-8-4-9(14)6-10(5-8)19-7-11(16)15-3-1-2-12(17)18/h4-6H,1-3,7H2,(H,15,16)(H,17,18). The van der Waals surface area contributed by atoms with E-state index in [4.69, 9.17) is 9.84 Å². The topological polar surface area (TPSA) is 75.6 Å². The Kier molecular flexibility index (Phi) is 5.72. The number of carbonyl (C=O) groups excluding carboxylic acids is 1. The highest BCUT2D eigenvalue weighted by molar-refractivity contribution is 5.77. The smallest absolute Gasteiger partial charge is 0.303 e. The van der Waals surface area contributed by atoms with E-state index in [1.807, 2.05) is 0 Å². The number of ether oxygens (including phenoxy) is 1. The molecule has 0 saturated heterocycles. The Hall–Kier alpha value is -2.18. The van der Waals surface area contributed by atoms with Gasteiger partial charge in [0.05, 0.1) is 0 Å². The van der Waals surface area contributed by atoms with Crippen molar-refractivity contribution in [3.63, 3.8) is 0 Å². The van der Waals surface area contributed by atoms with Gasteiger partial charge in [-0.3, -0.25) is 9.59 Å². The van der Waals surface area contributed by atoms with Crippen LogP contribution in [0.15, 0.2) is 18.2 Å². The summed E-state index contributed by atoms with van der Waals surface area (Å²) in [5, 5.41) is 10.8. The first kappa shape index (κ1) is 14.9. The molecule has 0 aliphatic rings. The number of hydrogen-bond acceptors (Lipinski definition) is 3. The molecule has 1 aromatic carbocycles. The van der Waals surface area contributed by atoms with Gasteiger partial charge >= 0.3 is 5.97 Å².